The van der Waals surface area contributed by atoms with Gasteiger partial charge in [0.05, 0.1) is 67.0 Å². The lowest BCUT2D eigenvalue weighted by atomic mass is 9.82. The molecule has 0 bridgehead atoms. The van der Waals surface area contributed by atoms with Crippen molar-refractivity contribution in [2.45, 2.75) is 123 Å². The topological polar surface area (TPSA) is 405 Å². The van der Waals surface area contributed by atoms with E-state index in [1.807, 2.05) is 207 Å². The van der Waals surface area contributed by atoms with Crippen LogP contribution in [0.5, 0.6) is 0 Å². The first-order valence-corrected chi connectivity index (χ1v) is 47.3. The Hall–Kier alpha value is -9.37. The van der Waals surface area contributed by atoms with Crippen molar-refractivity contribution in [2.75, 3.05) is 23.8 Å². The number of nitrogens with zero attached hydrogens (tertiary/aromatic N) is 10. The number of amidine groups is 2. The number of Topliss-reactive ketones (excluding diaryl/α,β-unsaturated/α-hetero) is 1. The number of hydrogen-bond acceptors (Lipinski definition) is 19. The number of nitrogens with two attached hydrogens (primary N) is 4. The van der Waals surface area contributed by atoms with Crippen molar-refractivity contribution in [1.29, 1.82) is 0 Å². The molecule has 1 saturated heterocycles. The second kappa shape index (κ2) is 48.8. The Kier molecular flexibility index (Phi) is 41.8. The van der Waals surface area contributed by atoms with Crippen molar-refractivity contribution in [2.24, 2.45) is 59.9 Å². The van der Waals surface area contributed by atoms with Crippen molar-refractivity contribution >= 4 is 168 Å². The van der Waals surface area contributed by atoms with Gasteiger partial charge in [-0.3, -0.25) is 37.9 Å². The summed E-state index contributed by atoms with van der Waals surface area (Å²) in [5.74, 6) is -2.43. The number of sulfonamides is 2. The Bertz CT molecular complexity index is 5430. The van der Waals surface area contributed by atoms with Crippen molar-refractivity contribution in [3.05, 3.63) is 254 Å². The molecule has 7 heterocycles. The number of anilines is 2. The maximum Gasteiger partial charge on any atom is 0.498 e. The van der Waals surface area contributed by atoms with E-state index in [-0.39, 0.29) is 105 Å². The largest absolute Gasteiger partial charge is 0.498 e. The van der Waals surface area contributed by atoms with E-state index in [2.05, 4.69) is 134 Å². The molecular weight excluding hydrogens is 2010 g/mol. The highest BCUT2D eigenvalue weighted by Gasteiger charge is 2.52. The zero-order valence-electron chi connectivity index (χ0n) is 65.2. The highest BCUT2D eigenvalue weighted by molar-refractivity contribution is 15.0. The number of halogens is 4. The summed E-state index contributed by atoms with van der Waals surface area (Å²) < 4.78 is 80.8. The van der Waals surface area contributed by atoms with E-state index in [0.717, 1.165) is 69.1 Å². The highest BCUT2D eigenvalue weighted by Crippen LogP contribution is 2.37. The van der Waals surface area contributed by atoms with Gasteiger partial charge in [-0.15, -0.1) is 8.80 Å². The number of ketones is 1. The molecule has 0 aliphatic carbocycles. The molecule has 3 aliphatic heterocycles. The monoisotopic (exact) mass is 2110 g/mol. The number of benzene rings is 7. The zero-order valence-corrected chi connectivity index (χ0v) is 75.5. The summed E-state index contributed by atoms with van der Waals surface area (Å²) in [6.45, 7) is 10.6. The molecule has 0 saturated carbocycles. The number of ether oxygens (including phenoxy) is 1. The highest BCUT2D eigenvalue weighted by atomic mass is 128. The molecule has 0 atom stereocenters. The number of fused-ring (bicyclic) bond motifs is 2. The van der Waals surface area contributed by atoms with Gasteiger partial charge in [-0.1, -0.05) is 156 Å². The number of hydrogen-bond donors (Lipinski definition) is 6. The molecule has 3 amide bonds. The molecule has 634 valence electrons. The number of nitrogens with one attached hydrogen (secondary N) is 2. The van der Waals surface area contributed by atoms with Gasteiger partial charge < -0.3 is 47.6 Å². The molecule has 4 aromatic heterocycles. The number of carbonyl (C=O) groups excluding carboxylic acids is 5. The van der Waals surface area contributed by atoms with E-state index in [1.165, 1.54) is 23.3 Å². The molecule has 0 unspecified atom stereocenters. The molecule has 35 heteroatoms. The summed E-state index contributed by atoms with van der Waals surface area (Å²) in [5, 5.41) is 22.1. The predicted molar refractivity (Wildman–Crippen MR) is 507 cm³/mol. The summed E-state index contributed by atoms with van der Waals surface area (Å²) in [4.78, 5) is 56.2. The first-order valence-electron chi connectivity index (χ1n) is 36.0. The van der Waals surface area contributed by atoms with Gasteiger partial charge in [0.2, 0.25) is 23.6 Å². The van der Waals surface area contributed by atoms with Gasteiger partial charge in [0, 0.05) is 132 Å². The fraction of sp³-hybridized carbons (Fsp3) is 0.274. The minimum atomic E-state index is -3.86. The van der Waals surface area contributed by atoms with Crippen LogP contribution < -0.4 is 39.0 Å². The summed E-state index contributed by atoms with van der Waals surface area (Å²) in [6.07, 6.45) is 18.4. The van der Waals surface area contributed by atoms with E-state index in [1.54, 1.807) is 69.8 Å². The Balaban J connectivity index is 0.000000297. The second-order valence-electron chi connectivity index (χ2n) is 26.9. The third kappa shape index (κ3) is 30.7. The van der Waals surface area contributed by atoms with Crippen molar-refractivity contribution in [3.63, 3.8) is 0 Å². The number of amides is 3. The van der Waals surface area contributed by atoms with Crippen LogP contribution >= 0.6 is 82.4 Å². The predicted octanol–water partition coefficient (Wildman–Crippen LogP) is 13.7. The maximum atomic E-state index is 12.6. The molecule has 7 aromatic carbocycles. The number of aromatic nitrogens is 8. The van der Waals surface area contributed by atoms with Gasteiger partial charge in [0.1, 0.15) is 9.79 Å². The number of aryl methyl sites for hydroxylation is 5. The smallest absolute Gasteiger partial charge is 0.460 e. The minimum absolute atomic E-state index is 0. The standard InChI is InChI=1S/C21H20N4O3S.C12H13N3O.C12H15N3.C10H17BN2O2.C10H10N2O4S.2C8H8INO.3CH4.I2/c1-25-14-16(13-22-25)17-9-3-2-7-15(17)8-6-11-19(26)21-23-18-10-4-5-12-20(18)29(27,28)24-21;1-15-8-10(7-14-15)11-5-3-2-4-9(11)6-12(13)16;1-15-9-11(8-14-15)12-5-3-2-4-10(12)6-7-13;1-9(2)10(3,4)15-11(14-9)8-6-12-13(5)7-8;1-2-16-10(13)9-11-7-5-3-4-6-8(7)17(14,15)12-9;2*9-7-4-2-1-3-6(7)5-8(10)11;;;;1-2/h2-5,7,9-10,12-14H,6,8,11H2,1H3,(H,23,24);2-5,7-8H,6H2,1H3,(H2,13,16);2-5,8-9H,6-7,13H2,1H3;6-7H,1-5H3;3-6H,2H2,1H3,(H,11,12);2*1-4H,5H2,(H2,10,11);3*1H4;. The molecule has 10 N–H and O–H groups in total. The van der Waals surface area contributed by atoms with Crippen molar-refractivity contribution in [1.82, 2.24) is 39.1 Å². The van der Waals surface area contributed by atoms with E-state index in [9.17, 15) is 40.8 Å². The maximum absolute atomic E-state index is 12.6. The third-order valence-corrected chi connectivity index (χ3v) is 22.4. The van der Waals surface area contributed by atoms with Crippen molar-refractivity contribution < 1.29 is 54.9 Å². The number of rotatable bonds is 19. The van der Waals surface area contributed by atoms with Crippen molar-refractivity contribution in [3.8, 4) is 33.4 Å². The Morgan fingerprint density at radius 1 is 0.471 bits per heavy atom. The lowest BCUT2D eigenvalue weighted by Gasteiger charge is -2.32. The van der Waals surface area contributed by atoms with Crippen LogP contribution in [-0.2, 0) is 118 Å². The number of carbonyl (C=O) groups is 5. The normalized spacial score (nSPS) is 13.4. The van der Waals surface area contributed by atoms with Gasteiger partial charge in [-0.2, -0.15) is 37.2 Å². The summed E-state index contributed by atoms with van der Waals surface area (Å²) in [6, 6.07) is 52.1. The van der Waals surface area contributed by atoms with Crippen LogP contribution in [-0.4, -0.2) is 129 Å². The molecule has 0 spiro atoms. The lowest BCUT2D eigenvalue weighted by Crippen LogP contribution is -2.41. The van der Waals surface area contributed by atoms with E-state index < -0.39 is 26.0 Å². The fourth-order valence-electron chi connectivity index (χ4n) is 11.4. The second-order valence-corrected chi connectivity index (χ2v) is 32.4. The third-order valence-electron chi connectivity index (χ3n) is 17.6. The van der Waals surface area contributed by atoms with E-state index in [4.69, 9.17) is 37.0 Å². The summed E-state index contributed by atoms with van der Waals surface area (Å²) in [7, 11) is -0.450. The summed E-state index contributed by atoms with van der Waals surface area (Å²) in [5.41, 5.74) is 33.9. The van der Waals surface area contributed by atoms with Gasteiger partial charge >= 0.3 is 13.1 Å². The van der Waals surface area contributed by atoms with E-state index >= 15 is 0 Å². The van der Waals surface area contributed by atoms with Crippen LogP contribution in [0.15, 0.2) is 238 Å². The molecule has 11 aromatic rings. The van der Waals surface area contributed by atoms with Gasteiger partial charge in [-0.25, -0.2) is 4.79 Å². The van der Waals surface area contributed by atoms with Crippen LogP contribution in [0.25, 0.3) is 33.4 Å². The molecular formula is C84H103BI4N16O12S2. The van der Waals surface area contributed by atoms with Crippen LogP contribution in [0.4, 0.5) is 11.4 Å². The average Bonchev–Trinajstić information content (AvgIpc) is 1.72. The minimum Gasteiger partial charge on any atom is -0.460 e. The number of primary amides is 3. The van der Waals surface area contributed by atoms with Crippen LogP contribution in [0.3, 0.4) is 0 Å². The van der Waals surface area contributed by atoms with Crippen LogP contribution in [0, 0.1) is 7.14 Å². The first-order chi connectivity index (χ1) is 55.2. The summed E-state index contributed by atoms with van der Waals surface area (Å²) >= 11 is 8.61. The fourth-order valence-corrected chi connectivity index (χ4v) is 14.8. The molecule has 119 heavy (non-hydrogen) atoms. The van der Waals surface area contributed by atoms with Crippen LogP contribution in [0.1, 0.15) is 97.6 Å². The van der Waals surface area contributed by atoms with Crippen LogP contribution in [0.2, 0.25) is 0 Å². The molecule has 0 radical (unpaired) electrons. The molecule has 28 nitrogen and oxygen atoms in total. The lowest BCUT2D eigenvalue weighted by molar-refractivity contribution is -0.135. The van der Waals surface area contributed by atoms with Gasteiger partial charge in [0.25, 0.3) is 20.0 Å². The molecule has 1 fully saturated rings. The van der Waals surface area contributed by atoms with Gasteiger partial charge in [-0.05, 0) is 187 Å². The Labute approximate surface area is 748 Å². The van der Waals surface area contributed by atoms with Gasteiger partial charge in [0.15, 0.2) is 11.6 Å². The molecule has 3 aliphatic rings. The number of para-hydroxylation sites is 2. The Morgan fingerprint density at radius 3 is 1.18 bits per heavy atom. The average molecular weight is 2110 g/mol. The Morgan fingerprint density at radius 2 is 0.807 bits per heavy atom. The SMILES string of the molecule is C.C.C.CCOC(=O)C1=NS(=O)(=O)c2ccccc2N1.Cn1cc(-c2ccccc2CC(N)=O)cn1.Cn1cc(-c2ccccc2CCCC(=O)C2=NS(=O)(=O)c3ccccc3N2)cn1.Cn1cc(-c2ccccc2CCN)cn1.Cn1cc(B2OC(C)(C)C(C)(C)O2)cn1.II.NC(=O)Cc1ccccc1I.NC(=O)Cc1ccccc1I. The zero-order chi connectivity index (χ0) is 84.9. The number of esters is 1. The first kappa shape index (κ1) is 102. The quantitative estimate of drug-likeness (QED) is 0.0249. The van der Waals surface area contributed by atoms with E-state index in [0.29, 0.717) is 43.6 Å². The molecule has 14 rings (SSSR count).